The molecule has 0 bridgehead atoms. The number of aromatic carboxylic acids is 1. The average Bonchev–Trinajstić information content (AvgIpc) is 3.00. The highest BCUT2D eigenvalue weighted by Crippen LogP contribution is 2.25. The summed E-state index contributed by atoms with van der Waals surface area (Å²) in [5.74, 6) is -1.34. The second kappa shape index (κ2) is 11.1. The van der Waals surface area contributed by atoms with E-state index in [-0.39, 0.29) is 46.5 Å². The summed E-state index contributed by atoms with van der Waals surface area (Å²) < 4.78 is 27.4. The van der Waals surface area contributed by atoms with E-state index in [9.17, 15) is 18.0 Å². The van der Waals surface area contributed by atoms with E-state index >= 15 is 0 Å². The first-order chi connectivity index (χ1) is 13.6. The molecule has 0 aromatic heterocycles. The van der Waals surface area contributed by atoms with E-state index in [1.54, 1.807) is 7.05 Å². The van der Waals surface area contributed by atoms with E-state index in [1.165, 1.54) is 12.1 Å². The van der Waals surface area contributed by atoms with Crippen molar-refractivity contribution < 1.29 is 33.0 Å². The molecule has 2 atom stereocenters. The minimum absolute atomic E-state index is 0.0241. The van der Waals surface area contributed by atoms with Crippen LogP contribution in [0.15, 0.2) is 23.1 Å². The van der Waals surface area contributed by atoms with Gasteiger partial charge in [-0.1, -0.05) is 11.6 Å². The van der Waals surface area contributed by atoms with Crippen molar-refractivity contribution in [3.8, 4) is 0 Å². The number of carbonyl (C=O) groups excluding carboxylic acids is 1. The van der Waals surface area contributed by atoms with Crippen LogP contribution < -0.4 is 10.0 Å². The number of hydrogen-bond donors (Lipinski definition) is 4. The Labute approximate surface area is 173 Å². The van der Waals surface area contributed by atoms with Crippen LogP contribution in [0.1, 0.15) is 29.6 Å². The van der Waals surface area contributed by atoms with Gasteiger partial charge in [0.1, 0.15) is 0 Å². The van der Waals surface area contributed by atoms with Crippen LogP contribution in [-0.2, 0) is 19.6 Å². The van der Waals surface area contributed by atoms with Gasteiger partial charge in [0.25, 0.3) is 6.47 Å². The standard InChI is InChI=1S/C16H22ClN3O5S.CH2O2/c1-18-15(21)7-10-3-4-11(20(10)2)9-19-26(24,25)12-5-6-14(17)13(8-12)16(22)23;2-1-3/h5-6,8,10-11,19H,3-4,7,9H2,1-2H3,(H,18,21)(H,22,23);1H,(H,2,3)/t10-,11+;/m1./s1. The van der Waals surface area contributed by atoms with Crippen LogP contribution in [0.4, 0.5) is 0 Å². The molecular weight excluding hydrogens is 426 g/mol. The van der Waals surface area contributed by atoms with Gasteiger partial charge in [-0.3, -0.25) is 14.5 Å². The van der Waals surface area contributed by atoms with Crippen molar-refractivity contribution in [1.29, 1.82) is 0 Å². The second-order valence-electron chi connectivity index (χ2n) is 6.33. The lowest BCUT2D eigenvalue weighted by atomic mass is 10.1. The summed E-state index contributed by atoms with van der Waals surface area (Å²) in [6.07, 6.45) is 1.94. The molecule has 0 radical (unpaired) electrons. The number of halogens is 1. The van der Waals surface area contributed by atoms with E-state index in [0.29, 0.717) is 6.42 Å². The number of carbonyl (C=O) groups is 3. The van der Waals surface area contributed by atoms with Crippen molar-refractivity contribution in [3.05, 3.63) is 28.8 Å². The summed E-state index contributed by atoms with van der Waals surface area (Å²) in [6, 6.07) is 3.59. The number of benzene rings is 1. The molecule has 10 nitrogen and oxygen atoms in total. The van der Waals surface area contributed by atoms with E-state index in [1.807, 2.05) is 11.9 Å². The zero-order chi connectivity index (χ0) is 22.2. The fraction of sp³-hybridized carbons (Fsp3) is 0.471. The Kier molecular flexibility index (Phi) is 9.50. The monoisotopic (exact) mass is 449 g/mol. The fourth-order valence-corrected chi connectivity index (χ4v) is 4.32. The van der Waals surface area contributed by atoms with Crippen LogP contribution in [-0.4, -0.2) is 74.6 Å². The highest BCUT2D eigenvalue weighted by atomic mass is 35.5. The van der Waals surface area contributed by atoms with Gasteiger partial charge in [0, 0.05) is 32.1 Å². The van der Waals surface area contributed by atoms with Gasteiger partial charge < -0.3 is 15.5 Å². The molecule has 1 aliphatic heterocycles. The number of sulfonamides is 1. The predicted molar refractivity (Wildman–Crippen MR) is 106 cm³/mol. The lowest BCUT2D eigenvalue weighted by Gasteiger charge is -2.25. The van der Waals surface area contributed by atoms with Gasteiger partial charge in [0.15, 0.2) is 0 Å². The molecule has 1 amide bonds. The van der Waals surface area contributed by atoms with E-state index < -0.39 is 16.0 Å². The van der Waals surface area contributed by atoms with Gasteiger partial charge in [0.05, 0.1) is 15.5 Å². The molecule has 12 heteroatoms. The molecule has 29 heavy (non-hydrogen) atoms. The third kappa shape index (κ3) is 6.96. The molecule has 0 aliphatic carbocycles. The molecule has 162 valence electrons. The van der Waals surface area contributed by atoms with Crippen LogP contribution in [0.25, 0.3) is 0 Å². The first kappa shape index (κ1) is 24.8. The van der Waals surface area contributed by atoms with Crippen LogP contribution in [0.3, 0.4) is 0 Å². The van der Waals surface area contributed by atoms with Gasteiger partial charge in [-0.25, -0.2) is 17.9 Å². The number of hydrogen-bond acceptors (Lipinski definition) is 6. The zero-order valence-corrected chi connectivity index (χ0v) is 17.5. The van der Waals surface area contributed by atoms with E-state index in [0.717, 1.165) is 18.9 Å². The molecule has 1 fully saturated rings. The lowest BCUT2D eigenvalue weighted by molar-refractivity contribution is -0.123. The highest BCUT2D eigenvalue weighted by Gasteiger charge is 2.32. The number of nitrogens with one attached hydrogen (secondary N) is 2. The number of rotatable bonds is 7. The maximum absolute atomic E-state index is 12.5. The number of amides is 1. The van der Waals surface area contributed by atoms with Crippen molar-refractivity contribution in [1.82, 2.24) is 14.9 Å². The smallest absolute Gasteiger partial charge is 0.337 e. The minimum atomic E-state index is -3.87. The van der Waals surface area contributed by atoms with Crippen molar-refractivity contribution in [2.75, 3.05) is 20.6 Å². The summed E-state index contributed by atoms with van der Waals surface area (Å²) >= 11 is 5.78. The Morgan fingerprint density at radius 3 is 2.45 bits per heavy atom. The molecule has 1 aromatic rings. The number of carboxylic acids is 1. The van der Waals surface area contributed by atoms with Gasteiger partial charge in [-0.2, -0.15) is 0 Å². The average molecular weight is 450 g/mol. The van der Waals surface area contributed by atoms with Crippen LogP contribution in [0.2, 0.25) is 5.02 Å². The summed E-state index contributed by atoms with van der Waals surface area (Å²) in [6.45, 7) is -0.0753. The third-order valence-electron chi connectivity index (χ3n) is 4.67. The molecule has 2 rings (SSSR count). The molecule has 1 aromatic carbocycles. The second-order valence-corrected chi connectivity index (χ2v) is 8.51. The molecule has 0 spiro atoms. The Hall–Kier alpha value is -2.21. The van der Waals surface area contributed by atoms with E-state index in [4.69, 9.17) is 26.6 Å². The van der Waals surface area contributed by atoms with Crippen molar-refractivity contribution in [2.45, 2.75) is 36.2 Å². The van der Waals surface area contributed by atoms with Gasteiger partial charge in [-0.05, 0) is 38.1 Å². The lowest BCUT2D eigenvalue weighted by Crippen LogP contribution is -2.42. The Balaban J connectivity index is 0.00000132. The fourth-order valence-electron chi connectivity index (χ4n) is 3.02. The molecule has 4 N–H and O–H groups in total. The number of carboxylic acid groups (broad SMARTS) is 2. The van der Waals surface area contributed by atoms with Gasteiger partial charge in [-0.15, -0.1) is 0 Å². The molecule has 0 unspecified atom stereocenters. The number of nitrogens with zero attached hydrogens (tertiary/aromatic N) is 1. The van der Waals surface area contributed by atoms with Crippen LogP contribution >= 0.6 is 11.6 Å². The summed E-state index contributed by atoms with van der Waals surface area (Å²) in [4.78, 5) is 32.9. The molecule has 1 heterocycles. The minimum Gasteiger partial charge on any atom is -0.483 e. The van der Waals surface area contributed by atoms with E-state index in [2.05, 4.69) is 10.0 Å². The summed E-state index contributed by atoms with van der Waals surface area (Å²) in [7, 11) is -0.418. The quantitative estimate of drug-likeness (QED) is 0.442. The van der Waals surface area contributed by atoms with Crippen LogP contribution in [0, 0.1) is 0 Å². The number of likely N-dealkylation sites (tertiary alicyclic amines) is 1. The first-order valence-corrected chi connectivity index (χ1v) is 10.5. The van der Waals surface area contributed by atoms with Gasteiger partial charge in [0.2, 0.25) is 15.9 Å². The Morgan fingerprint density at radius 1 is 1.31 bits per heavy atom. The normalized spacial score (nSPS) is 19.1. The molecule has 1 saturated heterocycles. The van der Waals surface area contributed by atoms with Crippen molar-refractivity contribution in [3.63, 3.8) is 0 Å². The largest absolute Gasteiger partial charge is 0.483 e. The molecule has 1 aliphatic rings. The zero-order valence-electron chi connectivity index (χ0n) is 16.0. The first-order valence-electron chi connectivity index (χ1n) is 8.60. The van der Waals surface area contributed by atoms with Gasteiger partial charge >= 0.3 is 5.97 Å². The number of likely N-dealkylation sites (N-methyl/N-ethyl adjacent to an activating group) is 1. The Bertz CT molecular complexity index is 847. The Morgan fingerprint density at radius 2 is 1.90 bits per heavy atom. The maximum Gasteiger partial charge on any atom is 0.337 e. The predicted octanol–water partition coefficient (Wildman–Crippen LogP) is 0.616. The van der Waals surface area contributed by atoms with Crippen molar-refractivity contribution in [2.24, 2.45) is 0 Å². The topological polar surface area (TPSA) is 153 Å². The molecular formula is C17H24ClN3O7S. The van der Waals surface area contributed by atoms with Crippen molar-refractivity contribution >= 4 is 40.0 Å². The highest BCUT2D eigenvalue weighted by molar-refractivity contribution is 7.89. The van der Waals surface area contributed by atoms with Crippen LogP contribution in [0.5, 0.6) is 0 Å². The third-order valence-corrected chi connectivity index (χ3v) is 6.42. The molecule has 0 saturated carbocycles. The maximum atomic E-state index is 12.5. The SMILES string of the molecule is CNC(=O)C[C@H]1CC[C@@H](CNS(=O)(=O)c2ccc(Cl)c(C(=O)O)c2)N1C.O=CO. The summed E-state index contributed by atoms with van der Waals surface area (Å²) in [5, 5.41) is 18.5. The summed E-state index contributed by atoms with van der Waals surface area (Å²) in [5.41, 5.74) is -0.266.